The lowest BCUT2D eigenvalue weighted by atomic mass is 10.1. The largest absolute Gasteiger partial charge is 0.497 e. The average molecular weight is 431 g/mol. The molecule has 2 heterocycles. The van der Waals surface area contributed by atoms with Crippen molar-refractivity contribution in [3.63, 3.8) is 0 Å². The molecule has 6 heteroatoms. The maximum Gasteiger partial charge on any atom is 0.269 e. The molecule has 0 saturated heterocycles. The molecule has 0 radical (unpaired) electrons. The number of aromatic amines is 1. The van der Waals surface area contributed by atoms with Crippen molar-refractivity contribution in [3.8, 4) is 17.0 Å². The molecule has 4 rings (SSSR count). The zero-order chi connectivity index (χ0) is 22.5. The van der Waals surface area contributed by atoms with Crippen LogP contribution >= 0.6 is 0 Å². The van der Waals surface area contributed by atoms with Crippen molar-refractivity contribution < 1.29 is 9.53 Å². The van der Waals surface area contributed by atoms with E-state index in [1.807, 2.05) is 48.5 Å². The topological polar surface area (TPSA) is 70.2 Å². The number of nitrogens with one attached hydrogen (secondary N) is 2. The molecule has 0 spiro atoms. The second kappa shape index (κ2) is 9.83. The average Bonchev–Trinajstić information content (AvgIpc) is 3.22. The van der Waals surface area contributed by atoms with Gasteiger partial charge >= 0.3 is 0 Å². The summed E-state index contributed by atoms with van der Waals surface area (Å²) < 4.78 is 5.29. The van der Waals surface area contributed by atoms with Crippen molar-refractivity contribution in [3.05, 3.63) is 60.3 Å². The number of hydrogen-bond donors (Lipinski definition) is 2. The van der Waals surface area contributed by atoms with E-state index in [1.165, 1.54) is 0 Å². The van der Waals surface area contributed by atoms with E-state index in [2.05, 4.69) is 35.1 Å². The van der Waals surface area contributed by atoms with Crippen LogP contribution in [-0.2, 0) is 0 Å². The van der Waals surface area contributed by atoms with Crippen LogP contribution in [0.1, 0.15) is 30.8 Å². The van der Waals surface area contributed by atoms with Gasteiger partial charge in [0.2, 0.25) is 0 Å². The van der Waals surface area contributed by atoms with Gasteiger partial charge in [-0.1, -0.05) is 32.0 Å². The predicted molar refractivity (Wildman–Crippen MR) is 130 cm³/mol. The highest BCUT2D eigenvalue weighted by Gasteiger charge is 2.17. The Morgan fingerprint density at radius 3 is 2.53 bits per heavy atom. The fraction of sp³-hybridized carbons (Fsp3) is 0.308. The van der Waals surface area contributed by atoms with Gasteiger partial charge in [0.25, 0.3) is 5.91 Å². The molecule has 0 aliphatic carbocycles. The summed E-state index contributed by atoms with van der Waals surface area (Å²) in [6.45, 7) is 7.95. The Morgan fingerprint density at radius 1 is 1.06 bits per heavy atom. The summed E-state index contributed by atoms with van der Waals surface area (Å²) in [7, 11) is 1.65. The van der Waals surface area contributed by atoms with Crippen LogP contribution in [0.3, 0.4) is 0 Å². The molecule has 0 aliphatic rings. The van der Waals surface area contributed by atoms with Crippen LogP contribution in [0.2, 0.25) is 0 Å². The predicted octanol–water partition coefficient (Wildman–Crippen LogP) is 4.85. The van der Waals surface area contributed by atoms with Gasteiger partial charge in [-0.15, -0.1) is 0 Å². The van der Waals surface area contributed by atoms with Crippen LogP contribution in [0.15, 0.2) is 54.6 Å². The quantitative estimate of drug-likeness (QED) is 0.372. The van der Waals surface area contributed by atoms with Gasteiger partial charge in [0.15, 0.2) is 0 Å². The number of methoxy groups -OCH3 is 1. The fourth-order valence-corrected chi connectivity index (χ4v) is 4.05. The van der Waals surface area contributed by atoms with Crippen molar-refractivity contribution in [2.24, 2.45) is 0 Å². The second-order valence-electron chi connectivity index (χ2n) is 7.81. The monoisotopic (exact) mass is 430 g/mol. The Morgan fingerprint density at radius 2 is 1.81 bits per heavy atom. The first-order valence-corrected chi connectivity index (χ1v) is 11.2. The first-order chi connectivity index (χ1) is 15.6. The fourth-order valence-electron chi connectivity index (χ4n) is 4.05. The number of ether oxygens (including phenoxy) is 1. The first kappa shape index (κ1) is 21.8. The van der Waals surface area contributed by atoms with Crippen molar-refractivity contribution in [1.29, 1.82) is 0 Å². The lowest BCUT2D eigenvalue weighted by Crippen LogP contribution is -2.30. The van der Waals surface area contributed by atoms with E-state index in [1.54, 1.807) is 7.11 Å². The number of H-pyrrole nitrogens is 1. The summed E-state index contributed by atoms with van der Waals surface area (Å²) in [5.41, 5.74) is 4.06. The van der Waals surface area contributed by atoms with Gasteiger partial charge in [-0.3, -0.25) is 4.79 Å². The lowest BCUT2D eigenvalue weighted by Gasteiger charge is -2.17. The van der Waals surface area contributed by atoms with Gasteiger partial charge in [-0.05, 0) is 62.5 Å². The summed E-state index contributed by atoms with van der Waals surface area (Å²) in [4.78, 5) is 23.6. The number of pyridine rings is 1. The third-order valence-corrected chi connectivity index (χ3v) is 5.92. The van der Waals surface area contributed by atoms with Crippen LogP contribution < -0.4 is 10.1 Å². The van der Waals surface area contributed by atoms with Crippen LogP contribution in [0, 0.1) is 0 Å². The molecular weight excluding hydrogens is 400 g/mol. The smallest absolute Gasteiger partial charge is 0.269 e. The molecule has 2 aromatic heterocycles. The summed E-state index contributed by atoms with van der Waals surface area (Å²) in [5, 5.41) is 5.12. The number of amides is 1. The van der Waals surface area contributed by atoms with Crippen molar-refractivity contribution in [2.75, 3.05) is 33.3 Å². The highest BCUT2D eigenvalue weighted by atomic mass is 16.5. The Labute approximate surface area is 188 Å². The van der Waals surface area contributed by atoms with Gasteiger partial charge in [0.1, 0.15) is 11.4 Å². The summed E-state index contributed by atoms with van der Waals surface area (Å²) >= 11 is 0. The Balaban J connectivity index is 1.68. The highest BCUT2D eigenvalue weighted by molar-refractivity contribution is 6.13. The third kappa shape index (κ3) is 4.46. The molecule has 32 heavy (non-hydrogen) atoms. The van der Waals surface area contributed by atoms with Gasteiger partial charge < -0.3 is 19.9 Å². The van der Waals surface area contributed by atoms with Gasteiger partial charge in [-0.2, -0.15) is 0 Å². The van der Waals surface area contributed by atoms with Crippen LogP contribution in [-0.4, -0.2) is 54.1 Å². The molecule has 6 nitrogen and oxygen atoms in total. The Hall–Kier alpha value is -3.38. The highest BCUT2D eigenvalue weighted by Crippen LogP contribution is 2.33. The van der Waals surface area contributed by atoms with Crippen molar-refractivity contribution >= 4 is 27.7 Å². The molecule has 166 valence electrons. The molecule has 4 aromatic rings. The number of aromatic nitrogens is 2. The van der Waals surface area contributed by atoms with E-state index in [0.717, 1.165) is 64.9 Å². The first-order valence-electron chi connectivity index (χ1n) is 11.2. The minimum atomic E-state index is -0.147. The van der Waals surface area contributed by atoms with E-state index in [-0.39, 0.29) is 5.91 Å². The minimum absolute atomic E-state index is 0.147. The van der Waals surface area contributed by atoms with E-state index in [4.69, 9.17) is 9.72 Å². The lowest BCUT2D eigenvalue weighted by molar-refractivity contribution is 0.0947. The normalized spacial score (nSPS) is 11.4. The van der Waals surface area contributed by atoms with Crippen LogP contribution in [0.5, 0.6) is 5.75 Å². The summed E-state index contributed by atoms with van der Waals surface area (Å²) in [6.07, 6.45) is 0.911. The maximum absolute atomic E-state index is 13.0. The number of carbonyl (C=O) groups excluding carboxylic acids is 1. The van der Waals surface area contributed by atoms with Gasteiger partial charge in [0.05, 0.1) is 18.3 Å². The molecule has 0 aliphatic heterocycles. The van der Waals surface area contributed by atoms with Crippen LogP contribution in [0.25, 0.3) is 33.1 Å². The molecule has 0 bridgehead atoms. The molecule has 0 fully saturated rings. The molecule has 0 unspecified atom stereocenters. The number of fused-ring (bicyclic) bond motifs is 3. The van der Waals surface area contributed by atoms with Gasteiger partial charge in [-0.25, -0.2) is 4.98 Å². The van der Waals surface area contributed by atoms with Crippen molar-refractivity contribution in [2.45, 2.75) is 20.3 Å². The number of carbonyl (C=O) groups is 1. The molecule has 2 N–H and O–H groups in total. The third-order valence-electron chi connectivity index (χ3n) is 5.92. The Bertz CT molecular complexity index is 1210. The minimum Gasteiger partial charge on any atom is -0.497 e. The zero-order valence-electron chi connectivity index (χ0n) is 18.9. The Kier molecular flexibility index (Phi) is 6.71. The number of hydrogen-bond acceptors (Lipinski definition) is 4. The van der Waals surface area contributed by atoms with Crippen LogP contribution in [0.4, 0.5) is 0 Å². The van der Waals surface area contributed by atoms with Gasteiger partial charge in [0, 0.05) is 28.4 Å². The number of nitrogens with zero attached hydrogens (tertiary/aromatic N) is 2. The number of benzene rings is 2. The SMILES string of the molecule is CCN(CC)CCCNC(=O)c1cc2c([nH]c3ccccc32)c(-c2ccc(OC)cc2)n1. The van der Waals surface area contributed by atoms with E-state index < -0.39 is 0 Å². The molecular formula is C26H30N4O2. The van der Waals surface area contributed by atoms with E-state index in [0.29, 0.717) is 12.2 Å². The molecule has 2 aromatic carbocycles. The zero-order valence-corrected chi connectivity index (χ0v) is 18.9. The second-order valence-corrected chi connectivity index (χ2v) is 7.81. The summed E-state index contributed by atoms with van der Waals surface area (Å²) in [6, 6.07) is 17.8. The van der Waals surface area contributed by atoms with E-state index >= 15 is 0 Å². The molecule has 1 amide bonds. The summed E-state index contributed by atoms with van der Waals surface area (Å²) in [5.74, 6) is 0.634. The molecule has 0 saturated carbocycles. The van der Waals surface area contributed by atoms with E-state index in [9.17, 15) is 4.79 Å². The number of para-hydroxylation sites is 1. The molecule has 0 atom stereocenters. The van der Waals surface area contributed by atoms with Crippen molar-refractivity contribution in [1.82, 2.24) is 20.2 Å². The standard InChI is InChI=1S/C26H30N4O2/c1-4-30(5-2)16-8-15-27-26(31)23-17-21-20-9-6-7-10-22(20)28-25(21)24(29-23)18-11-13-19(32-3)14-12-18/h6-7,9-14,17,28H,4-5,8,15-16H2,1-3H3,(H,27,31). The number of rotatable bonds is 9. The maximum atomic E-state index is 13.0.